The van der Waals surface area contributed by atoms with E-state index in [9.17, 15) is 4.79 Å². The summed E-state index contributed by atoms with van der Waals surface area (Å²) in [6.45, 7) is 6.64. The van der Waals surface area contributed by atoms with Gasteiger partial charge < -0.3 is 4.74 Å². The van der Waals surface area contributed by atoms with Gasteiger partial charge in [-0.15, -0.1) is 0 Å². The Morgan fingerprint density at radius 1 is 1.13 bits per heavy atom. The Hall–Kier alpha value is -0.790. The Morgan fingerprint density at radius 3 is 2.74 bits per heavy atom. The molecule has 6 atom stereocenters. The third-order valence-electron chi connectivity index (χ3n) is 8.17. The van der Waals surface area contributed by atoms with E-state index >= 15 is 0 Å². The zero-order valence-corrected chi connectivity index (χ0v) is 15.1. The average Bonchev–Trinajstić information content (AvgIpc) is 2.89. The first kappa shape index (κ1) is 15.7. The molecule has 0 spiro atoms. The van der Waals surface area contributed by atoms with Gasteiger partial charge in [0.1, 0.15) is 6.10 Å². The fourth-order valence-corrected chi connectivity index (χ4v) is 6.96. The molecule has 3 unspecified atom stereocenters. The van der Waals surface area contributed by atoms with Gasteiger partial charge in [0.2, 0.25) is 0 Å². The lowest BCUT2D eigenvalue weighted by atomic mass is 9.48. The lowest BCUT2D eigenvalue weighted by Crippen LogP contribution is -2.49. The minimum Gasteiger partial charge on any atom is -0.462 e. The van der Waals surface area contributed by atoms with E-state index in [1.165, 1.54) is 44.9 Å². The summed E-state index contributed by atoms with van der Waals surface area (Å²) in [5.41, 5.74) is 2.62. The van der Waals surface area contributed by atoms with Crippen molar-refractivity contribution in [3.63, 3.8) is 0 Å². The maximum atomic E-state index is 11.3. The van der Waals surface area contributed by atoms with E-state index in [0.717, 1.165) is 30.6 Å². The molecule has 4 aliphatic rings. The van der Waals surface area contributed by atoms with Crippen LogP contribution in [0.4, 0.5) is 0 Å². The van der Waals surface area contributed by atoms with Gasteiger partial charge in [-0.1, -0.05) is 31.9 Å². The summed E-state index contributed by atoms with van der Waals surface area (Å²) in [6, 6.07) is 0. The van der Waals surface area contributed by atoms with E-state index < -0.39 is 0 Å². The van der Waals surface area contributed by atoms with Crippen LogP contribution in [0.25, 0.3) is 0 Å². The first-order valence-corrected chi connectivity index (χ1v) is 9.79. The Balaban J connectivity index is 1.58. The molecule has 3 saturated carbocycles. The van der Waals surface area contributed by atoms with Crippen molar-refractivity contribution in [2.75, 3.05) is 0 Å². The van der Waals surface area contributed by atoms with Crippen LogP contribution in [-0.2, 0) is 9.53 Å². The number of allylic oxidation sites excluding steroid dienone is 1. The molecular formula is C21H32O2. The highest BCUT2D eigenvalue weighted by molar-refractivity contribution is 5.66. The van der Waals surface area contributed by atoms with Gasteiger partial charge in [-0.2, -0.15) is 0 Å². The molecule has 0 aliphatic heterocycles. The van der Waals surface area contributed by atoms with Crippen molar-refractivity contribution in [2.45, 2.75) is 84.7 Å². The highest BCUT2D eigenvalue weighted by atomic mass is 16.5. The quantitative estimate of drug-likeness (QED) is 0.486. The standard InChI is InChI=1S/C21H32O2/c1-14(22)23-16-8-12-21(3)15(13-16)6-7-17-18-5-4-10-20(18,2)11-9-19(17)21/h6,16-19H,4-5,7-13H2,1-3H3/t16-,17?,18?,19?,20-,21-/m0/s1. The molecule has 128 valence electrons. The van der Waals surface area contributed by atoms with Crippen LogP contribution in [0.3, 0.4) is 0 Å². The number of hydrogen-bond donors (Lipinski definition) is 0. The van der Waals surface area contributed by atoms with E-state index in [4.69, 9.17) is 4.74 Å². The molecule has 3 fully saturated rings. The van der Waals surface area contributed by atoms with Crippen LogP contribution in [0.2, 0.25) is 0 Å². The van der Waals surface area contributed by atoms with Crippen LogP contribution in [0.1, 0.15) is 78.6 Å². The summed E-state index contributed by atoms with van der Waals surface area (Å²) in [7, 11) is 0. The van der Waals surface area contributed by atoms with Gasteiger partial charge >= 0.3 is 5.97 Å². The fraction of sp³-hybridized carbons (Fsp3) is 0.857. The molecule has 4 rings (SSSR count). The highest BCUT2D eigenvalue weighted by Crippen LogP contribution is 2.64. The number of fused-ring (bicyclic) bond motifs is 5. The van der Waals surface area contributed by atoms with Gasteiger partial charge in [-0.05, 0) is 73.5 Å². The molecule has 0 aromatic heterocycles. The van der Waals surface area contributed by atoms with E-state index in [1.54, 1.807) is 12.5 Å². The van der Waals surface area contributed by atoms with Crippen LogP contribution >= 0.6 is 0 Å². The molecule has 0 radical (unpaired) electrons. The summed E-state index contributed by atoms with van der Waals surface area (Å²) >= 11 is 0. The Labute approximate surface area is 141 Å². The van der Waals surface area contributed by atoms with E-state index in [0.29, 0.717) is 10.8 Å². The predicted octanol–water partition coefficient (Wildman–Crippen LogP) is 5.27. The zero-order chi connectivity index (χ0) is 16.2. The fourth-order valence-electron chi connectivity index (χ4n) is 6.96. The highest BCUT2D eigenvalue weighted by Gasteiger charge is 2.55. The largest absolute Gasteiger partial charge is 0.462 e. The summed E-state index contributed by atoms with van der Waals surface area (Å²) < 4.78 is 5.53. The van der Waals surface area contributed by atoms with Gasteiger partial charge in [0, 0.05) is 13.3 Å². The third kappa shape index (κ3) is 2.39. The van der Waals surface area contributed by atoms with Crippen LogP contribution in [0, 0.1) is 28.6 Å². The molecule has 0 aromatic carbocycles. The second kappa shape index (κ2) is 5.36. The van der Waals surface area contributed by atoms with Crippen LogP contribution in [0.15, 0.2) is 11.6 Å². The molecule has 0 bridgehead atoms. The minimum atomic E-state index is -0.118. The Bertz CT molecular complexity index is 536. The van der Waals surface area contributed by atoms with Crippen molar-refractivity contribution < 1.29 is 9.53 Å². The van der Waals surface area contributed by atoms with Crippen LogP contribution in [0.5, 0.6) is 0 Å². The molecular weight excluding hydrogens is 284 g/mol. The SMILES string of the molecule is CC(=O)O[C@H]1CC[C@@]2(C)C(=CCC3C4CCC[C@@]4(C)CCC32)C1. The van der Waals surface area contributed by atoms with E-state index in [1.807, 2.05) is 0 Å². The number of esters is 1. The topological polar surface area (TPSA) is 26.3 Å². The third-order valence-corrected chi connectivity index (χ3v) is 8.17. The smallest absolute Gasteiger partial charge is 0.302 e. The maximum absolute atomic E-state index is 11.3. The van der Waals surface area contributed by atoms with Crippen LogP contribution in [-0.4, -0.2) is 12.1 Å². The van der Waals surface area contributed by atoms with Crippen LogP contribution < -0.4 is 0 Å². The van der Waals surface area contributed by atoms with Crippen molar-refractivity contribution in [1.29, 1.82) is 0 Å². The van der Waals surface area contributed by atoms with Gasteiger partial charge in [0.25, 0.3) is 0 Å². The summed E-state index contributed by atoms with van der Waals surface area (Å²) in [5.74, 6) is 2.63. The first-order valence-electron chi connectivity index (χ1n) is 9.79. The first-order chi connectivity index (χ1) is 10.9. The Morgan fingerprint density at radius 2 is 1.96 bits per heavy atom. The number of hydrogen-bond acceptors (Lipinski definition) is 2. The van der Waals surface area contributed by atoms with Crippen molar-refractivity contribution in [2.24, 2.45) is 28.6 Å². The molecule has 0 N–H and O–H groups in total. The zero-order valence-electron chi connectivity index (χ0n) is 15.1. The Kier molecular flexibility index (Phi) is 3.66. The van der Waals surface area contributed by atoms with E-state index in [-0.39, 0.29) is 12.1 Å². The van der Waals surface area contributed by atoms with Crippen molar-refractivity contribution in [1.82, 2.24) is 0 Å². The maximum Gasteiger partial charge on any atom is 0.302 e. The second-order valence-electron chi connectivity index (χ2n) is 9.32. The molecule has 23 heavy (non-hydrogen) atoms. The van der Waals surface area contributed by atoms with Crippen molar-refractivity contribution >= 4 is 5.97 Å². The van der Waals surface area contributed by atoms with Gasteiger partial charge in [0.05, 0.1) is 0 Å². The normalized spacial score (nSPS) is 48.7. The summed E-state index contributed by atoms with van der Waals surface area (Å²) in [4.78, 5) is 11.3. The molecule has 2 heteroatoms. The number of rotatable bonds is 1. The number of carbonyl (C=O) groups is 1. The average molecular weight is 316 g/mol. The molecule has 2 nitrogen and oxygen atoms in total. The summed E-state index contributed by atoms with van der Waals surface area (Å²) in [5, 5.41) is 0. The predicted molar refractivity (Wildman–Crippen MR) is 91.9 cm³/mol. The van der Waals surface area contributed by atoms with Gasteiger partial charge in [-0.3, -0.25) is 4.79 Å². The number of carbonyl (C=O) groups excluding carboxylic acids is 1. The minimum absolute atomic E-state index is 0.118. The molecule has 0 aromatic rings. The number of ether oxygens (including phenoxy) is 1. The van der Waals surface area contributed by atoms with Gasteiger partial charge in [-0.25, -0.2) is 0 Å². The van der Waals surface area contributed by atoms with Crippen molar-refractivity contribution in [3.05, 3.63) is 11.6 Å². The van der Waals surface area contributed by atoms with E-state index in [2.05, 4.69) is 19.9 Å². The second-order valence-corrected chi connectivity index (χ2v) is 9.32. The van der Waals surface area contributed by atoms with Gasteiger partial charge in [0.15, 0.2) is 0 Å². The molecule has 0 amide bonds. The lowest BCUT2D eigenvalue weighted by molar-refractivity contribution is -0.148. The molecule has 4 aliphatic carbocycles. The lowest BCUT2D eigenvalue weighted by Gasteiger charge is -2.57. The monoisotopic (exact) mass is 316 g/mol. The van der Waals surface area contributed by atoms with Crippen molar-refractivity contribution in [3.8, 4) is 0 Å². The molecule has 0 saturated heterocycles. The summed E-state index contributed by atoms with van der Waals surface area (Å²) in [6.07, 6.45) is 14.5. The molecule has 0 heterocycles.